The molecule has 0 bridgehead atoms. The van der Waals surface area contributed by atoms with Gasteiger partial charge in [0.2, 0.25) is 15.9 Å². The molecule has 3 heterocycles. The number of nitrogens with zero attached hydrogens (tertiary/aromatic N) is 4. The summed E-state index contributed by atoms with van der Waals surface area (Å²) >= 11 is 0. The first-order valence-corrected chi connectivity index (χ1v) is 12.3. The van der Waals surface area contributed by atoms with Crippen molar-refractivity contribution in [1.29, 1.82) is 0 Å². The SMILES string of the molecule is O=C(C1CCN(C(=O)N2CCCC2)CC1)N1CCN(S(=O)(=O)c2ccccc2)CC1. The second kappa shape index (κ2) is 8.93. The Morgan fingerprint density at radius 2 is 1.30 bits per heavy atom. The lowest BCUT2D eigenvalue weighted by Crippen LogP contribution is -2.53. The molecular weight excluding hydrogens is 404 g/mol. The number of carbonyl (C=O) groups excluding carboxylic acids is 2. The highest BCUT2D eigenvalue weighted by Crippen LogP contribution is 2.24. The standard InChI is InChI=1S/C21H30N4O4S/c26-20(18-8-12-24(13-9-18)21(27)23-10-4-5-11-23)22-14-16-25(17-15-22)30(28,29)19-6-2-1-3-7-19/h1-3,6-7,18H,4-5,8-17H2. The third kappa shape index (κ3) is 4.32. The molecule has 0 aliphatic carbocycles. The number of hydrogen-bond donors (Lipinski definition) is 0. The Kier molecular flexibility index (Phi) is 6.29. The average Bonchev–Trinajstić information content (AvgIpc) is 3.34. The van der Waals surface area contributed by atoms with Gasteiger partial charge in [-0.3, -0.25) is 4.79 Å². The minimum Gasteiger partial charge on any atom is -0.340 e. The van der Waals surface area contributed by atoms with Crippen LogP contribution in [0, 0.1) is 5.92 Å². The zero-order valence-electron chi connectivity index (χ0n) is 17.3. The molecule has 3 amide bonds. The first-order chi connectivity index (χ1) is 14.5. The number of amides is 3. The minimum atomic E-state index is -3.51. The molecule has 0 N–H and O–H groups in total. The summed E-state index contributed by atoms with van der Waals surface area (Å²) in [6, 6.07) is 8.53. The average molecular weight is 435 g/mol. The molecule has 4 rings (SSSR count). The van der Waals surface area contributed by atoms with Gasteiger partial charge in [0.15, 0.2) is 0 Å². The zero-order chi connectivity index (χ0) is 21.1. The monoisotopic (exact) mass is 434 g/mol. The van der Waals surface area contributed by atoms with Crippen molar-refractivity contribution in [2.75, 3.05) is 52.4 Å². The van der Waals surface area contributed by atoms with Crippen molar-refractivity contribution in [3.05, 3.63) is 30.3 Å². The molecule has 3 aliphatic rings. The van der Waals surface area contributed by atoms with E-state index in [1.165, 1.54) is 4.31 Å². The molecule has 1 aromatic rings. The van der Waals surface area contributed by atoms with E-state index >= 15 is 0 Å². The number of piperazine rings is 1. The molecule has 0 saturated carbocycles. The van der Waals surface area contributed by atoms with Crippen LogP contribution in [0.4, 0.5) is 4.79 Å². The molecule has 0 radical (unpaired) electrons. The van der Waals surface area contributed by atoms with Crippen molar-refractivity contribution >= 4 is 22.0 Å². The Bertz CT molecular complexity index is 854. The number of carbonyl (C=O) groups is 2. The highest BCUT2D eigenvalue weighted by atomic mass is 32.2. The molecular formula is C21H30N4O4S. The smallest absolute Gasteiger partial charge is 0.319 e. The summed E-state index contributed by atoms with van der Waals surface area (Å²) in [4.78, 5) is 31.3. The molecule has 0 aromatic heterocycles. The number of benzene rings is 1. The van der Waals surface area contributed by atoms with Crippen LogP contribution in [0.15, 0.2) is 35.2 Å². The Morgan fingerprint density at radius 1 is 0.733 bits per heavy atom. The van der Waals surface area contributed by atoms with E-state index in [1.54, 1.807) is 35.2 Å². The second-order valence-corrected chi connectivity index (χ2v) is 10.2. The Balaban J connectivity index is 1.27. The van der Waals surface area contributed by atoms with Crippen LogP contribution in [0.25, 0.3) is 0 Å². The maximum absolute atomic E-state index is 13.0. The first kappa shape index (κ1) is 21.1. The van der Waals surface area contributed by atoms with E-state index in [9.17, 15) is 18.0 Å². The maximum Gasteiger partial charge on any atom is 0.319 e. The van der Waals surface area contributed by atoms with Crippen LogP contribution in [-0.2, 0) is 14.8 Å². The third-order valence-corrected chi connectivity index (χ3v) is 8.34. The molecule has 1 aromatic carbocycles. The van der Waals surface area contributed by atoms with E-state index in [-0.39, 0.29) is 17.9 Å². The van der Waals surface area contributed by atoms with Gasteiger partial charge in [0, 0.05) is 58.3 Å². The van der Waals surface area contributed by atoms with Gasteiger partial charge in [-0.2, -0.15) is 4.31 Å². The first-order valence-electron chi connectivity index (χ1n) is 10.8. The predicted octanol–water partition coefficient (Wildman–Crippen LogP) is 1.45. The van der Waals surface area contributed by atoms with Crippen LogP contribution in [0.3, 0.4) is 0 Å². The summed E-state index contributed by atoms with van der Waals surface area (Å²) < 4.78 is 27.0. The van der Waals surface area contributed by atoms with Gasteiger partial charge in [-0.25, -0.2) is 13.2 Å². The molecule has 30 heavy (non-hydrogen) atoms. The van der Waals surface area contributed by atoms with Crippen molar-refractivity contribution in [3.8, 4) is 0 Å². The van der Waals surface area contributed by atoms with E-state index in [0.29, 0.717) is 57.0 Å². The zero-order valence-corrected chi connectivity index (χ0v) is 18.1. The van der Waals surface area contributed by atoms with Crippen molar-refractivity contribution in [2.24, 2.45) is 5.92 Å². The van der Waals surface area contributed by atoms with Crippen LogP contribution in [0.2, 0.25) is 0 Å². The summed E-state index contributed by atoms with van der Waals surface area (Å²) in [6.07, 6.45) is 3.52. The molecule has 9 heteroatoms. The molecule has 8 nitrogen and oxygen atoms in total. The van der Waals surface area contributed by atoms with E-state index in [2.05, 4.69) is 0 Å². The molecule has 164 valence electrons. The largest absolute Gasteiger partial charge is 0.340 e. The van der Waals surface area contributed by atoms with E-state index < -0.39 is 10.0 Å². The number of sulfonamides is 1. The number of piperidine rings is 1. The predicted molar refractivity (Wildman–Crippen MR) is 112 cm³/mol. The lowest BCUT2D eigenvalue weighted by molar-refractivity contribution is -0.138. The summed E-state index contributed by atoms with van der Waals surface area (Å²) in [5.41, 5.74) is 0. The second-order valence-electron chi connectivity index (χ2n) is 8.28. The van der Waals surface area contributed by atoms with Gasteiger partial charge in [-0.1, -0.05) is 18.2 Å². The molecule has 0 unspecified atom stereocenters. The number of hydrogen-bond acceptors (Lipinski definition) is 4. The van der Waals surface area contributed by atoms with E-state index in [4.69, 9.17) is 0 Å². The summed E-state index contributed by atoms with van der Waals surface area (Å²) in [5, 5.41) is 0. The Hall–Kier alpha value is -2.13. The number of urea groups is 1. The molecule has 3 aliphatic heterocycles. The molecule has 0 spiro atoms. The van der Waals surface area contributed by atoms with Gasteiger partial charge in [0.1, 0.15) is 0 Å². The van der Waals surface area contributed by atoms with E-state index in [0.717, 1.165) is 25.9 Å². The lowest BCUT2D eigenvalue weighted by Gasteiger charge is -2.38. The molecule has 3 saturated heterocycles. The van der Waals surface area contributed by atoms with Crippen molar-refractivity contribution in [1.82, 2.24) is 19.0 Å². The fourth-order valence-corrected chi connectivity index (χ4v) is 6.02. The Morgan fingerprint density at radius 3 is 1.90 bits per heavy atom. The molecule has 0 atom stereocenters. The minimum absolute atomic E-state index is 0.0788. The highest BCUT2D eigenvalue weighted by Gasteiger charge is 2.35. The van der Waals surface area contributed by atoms with Crippen LogP contribution in [-0.4, -0.2) is 91.7 Å². The normalized spacial score (nSPS) is 21.8. The summed E-state index contributed by atoms with van der Waals surface area (Å²) in [6.45, 7) is 4.38. The van der Waals surface area contributed by atoms with Crippen molar-refractivity contribution in [3.63, 3.8) is 0 Å². The van der Waals surface area contributed by atoms with Crippen LogP contribution < -0.4 is 0 Å². The third-order valence-electron chi connectivity index (χ3n) is 6.42. The number of rotatable bonds is 3. The highest BCUT2D eigenvalue weighted by molar-refractivity contribution is 7.89. The fourth-order valence-electron chi connectivity index (χ4n) is 4.57. The van der Waals surface area contributed by atoms with Crippen molar-refractivity contribution in [2.45, 2.75) is 30.6 Å². The van der Waals surface area contributed by atoms with Crippen molar-refractivity contribution < 1.29 is 18.0 Å². The van der Waals surface area contributed by atoms with Crippen LogP contribution in [0.1, 0.15) is 25.7 Å². The molecule has 3 fully saturated rings. The maximum atomic E-state index is 13.0. The van der Waals surface area contributed by atoms with Crippen LogP contribution in [0.5, 0.6) is 0 Å². The van der Waals surface area contributed by atoms with Gasteiger partial charge >= 0.3 is 6.03 Å². The summed E-state index contributed by atoms with van der Waals surface area (Å²) in [5.74, 6) is 0.0185. The topological polar surface area (TPSA) is 81.2 Å². The van der Waals surface area contributed by atoms with Crippen LogP contribution >= 0.6 is 0 Å². The lowest BCUT2D eigenvalue weighted by atomic mass is 9.95. The van der Waals surface area contributed by atoms with E-state index in [1.807, 2.05) is 9.80 Å². The summed E-state index contributed by atoms with van der Waals surface area (Å²) in [7, 11) is -3.51. The van der Waals surface area contributed by atoms with Gasteiger partial charge in [-0.15, -0.1) is 0 Å². The quantitative estimate of drug-likeness (QED) is 0.721. The Labute approximate surface area is 178 Å². The van der Waals surface area contributed by atoms with Gasteiger partial charge in [0.25, 0.3) is 0 Å². The van der Waals surface area contributed by atoms with Gasteiger partial charge in [-0.05, 0) is 37.8 Å². The fraction of sp³-hybridized carbons (Fsp3) is 0.619. The van der Waals surface area contributed by atoms with Gasteiger partial charge < -0.3 is 14.7 Å². The van der Waals surface area contributed by atoms with Gasteiger partial charge in [0.05, 0.1) is 4.90 Å². The number of likely N-dealkylation sites (tertiary alicyclic amines) is 2.